The molecule has 0 unspecified atom stereocenters. The summed E-state index contributed by atoms with van der Waals surface area (Å²) in [6.45, 7) is 0.147. The van der Waals surface area contributed by atoms with Crippen LogP contribution < -0.4 is 4.74 Å². The number of fused-ring (bicyclic) bond motifs is 4. The number of halogens is 2. The van der Waals surface area contributed by atoms with Crippen molar-refractivity contribution in [1.29, 1.82) is 0 Å². The predicted octanol–water partition coefficient (Wildman–Crippen LogP) is 3.12. The molecule has 1 aliphatic carbocycles. The van der Waals surface area contributed by atoms with Gasteiger partial charge in [0.1, 0.15) is 5.75 Å². The Morgan fingerprint density at radius 3 is 2.68 bits per heavy atom. The second kappa shape index (κ2) is 6.90. The van der Waals surface area contributed by atoms with Crippen LogP contribution in [0, 0.1) is 11.8 Å². The van der Waals surface area contributed by atoms with Crippen LogP contribution in [-0.4, -0.2) is 48.0 Å². The van der Waals surface area contributed by atoms with Crippen molar-refractivity contribution in [2.24, 2.45) is 11.8 Å². The molecule has 2 bridgehead atoms. The summed E-state index contributed by atoms with van der Waals surface area (Å²) in [7, 11) is 0. The zero-order valence-corrected chi connectivity index (χ0v) is 14.2. The molecule has 3 saturated heterocycles. The monoisotopic (exact) mass is 350 g/mol. The van der Waals surface area contributed by atoms with Gasteiger partial charge in [0.2, 0.25) is 5.91 Å². The number of amides is 1. The van der Waals surface area contributed by atoms with Crippen molar-refractivity contribution >= 4 is 5.91 Å². The fourth-order valence-corrected chi connectivity index (χ4v) is 4.16. The Morgan fingerprint density at radius 1 is 1.12 bits per heavy atom. The molecule has 4 aliphatic rings. The highest BCUT2D eigenvalue weighted by Crippen LogP contribution is 2.36. The van der Waals surface area contributed by atoms with E-state index in [9.17, 15) is 13.6 Å². The number of piperidine rings is 1. The van der Waals surface area contributed by atoms with E-state index in [1.807, 2.05) is 12.1 Å². The average Bonchev–Trinajstić information content (AvgIpc) is 3.40. The number of hydrogen-bond acceptors (Lipinski definition) is 3. The predicted molar refractivity (Wildman–Crippen MR) is 89.3 cm³/mol. The highest BCUT2D eigenvalue weighted by Gasteiger charge is 2.42. The Balaban J connectivity index is 1.48. The smallest absolute Gasteiger partial charge is 0.387 e. The van der Waals surface area contributed by atoms with Gasteiger partial charge in [0, 0.05) is 37.8 Å². The lowest BCUT2D eigenvalue weighted by atomic mass is 9.94. The molecule has 1 aromatic carbocycles. The van der Waals surface area contributed by atoms with Crippen LogP contribution in [0.5, 0.6) is 5.75 Å². The molecular weight excluding hydrogens is 326 g/mol. The van der Waals surface area contributed by atoms with Crippen LogP contribution in [0.15, 0.2) is 24.3 Å². The molecule has 3 heterocycles. The summed E-state index contributed by atoms with van der Waals surface area (Å²) in [5.41, 5.74) is 0.755. The molecular formula is C19H24F2N2O2. The Labute approximate surface area is 146 Å². The van der Waals surface area contributed by atoms with Gasteiger partial charge in [0.15, 0.2) is 0 Å². The van der Waals surface area contributed by atoms with E-state index in [1.165, 1.54) is 12.8 Å². The first-order valence-electron chi connectivity index (χ1n) is 9.15. The van der Waals surface area contributed by atoms with Crippen LogP contribution in [0.4, 0.5) is 8.78 Å². The third-order valence-electron chi connectivity index (χ3n) is 5.60. The number of hydrogen-bond donors (Lipinski definition) is 0. The van der Waals surface area contributed by atoms with E-state index < -0.39 is 6.61 Å². The first-order valence-corrected chi connectivity index (χ1v) is 9.15. The van der Waals surface area contributed by atoms with Gasteiger partial charge >= 0.3 is 6.61 Å². The lowest BCUT2D eigenvalue weighted by molar-refractivity contribution is -0.140. The molecule has 1 aromatic rings. The molecule has 0 N–H and O–H groups in total. The topological polar surface area (TPSA) is 32.8 Å². The Kier molecular flexibility index (Phi) is 4.63. The molecule has 2 atom stereocenters. The molecule has 0 radical (unpaired) electrons. The third kappa shape index (κ3) is 3.78. The number of para-hydroxylation sites is 1. The van der Waals surface area contributed by atoms with Gasteiger partial charge in [-0.3, -0.25) is 9.69 Å². The van der Waals surface area contributed by atoms with E-state index in [0.29, 0.717) is 24.9 Å². The Hall–Kier alpha value is -1.69. The summed E-state index contributed by atoms with van der Waals surface area (Å²) in [5, 5.41) is 0. The van der Waals surface area contributed by atoms with E-state index in [4.69, 9.17) is 0 Å². The Morgan fingerprint density at radius 2 is 1.92 bits per heavy atom. The van der Waals surface area contributed by atoms with Crippen LogP contribution >= 0.6 is 0 Å². The molecule has 25 heavy (non-hydrogen) atoms. The van der Waals surface area contributed by atoms with Gasteiger partial charge in [-0.2, -0.15) is 8.78 Å². The first-order chi connectivity index (χ1) is 12.1. The van der Waals surface area contributed by atoms with Gasteiger partial charge in [0.25, 0.3) is 0 Å². The largest absolute Gasteiger partial charge is 0.434 e. The van der Waals surface area contributed by atoms with Crippen molar-refractivity contribution in [1.82, 2.24) is 9.80 Å². The minimum absolute atomic E-state index is 0.0423. The molecule has 4 nitrogen and oxygen atoms in total. The number of alkyl halides is 2. The van der Waals surface area contributed by atoms with Crippen molar-refractivity contribution in [3.05, 3.63) is 29.8 Å². The SMILES string of the molecule is O=C1[C@H]2CC[C@H](CN(Cc3ccccc3OC(F)F)C2)N1CC1CC1. The average molecular weight is 350 g/mol. The summed E-state index contributed by atoms with van der Waals surface area (Å²) in [5.74, 6) is 1.26. The quantitative estimate of drug-likeness (QED) is 0.790. The molecule has 0 aromatic heterocycles. The van der Waals surface area contributed by atoms with Gasteiger partial charge in [-0.15, -0.1) is 0 Å². The normalized spacial score (nSPS) is 27.0. The van der Waals surface area contributed by atoms with Crippen molar-refractivity contribution in [2.75, 3.05) is 19.6 Å². The fourth-order valence-electron chi connectivity index (χ4n) is 4.16. The maximum atomic E-state index is 12.8. The van der Waals surface area contributed by atoms with Gasteiger partial charge < -0.3 is 9.64 Å². The molecule has 136 valence electrons. The zero-order valence-electron chi connectivity index (χ0n) is 14.2. The highest BCUT2D eigenvalue weighted by molar-refractivity contribution is 5.80. The second-order valence-electron chi connectivity index (χ2n) is 7.54. The maximum Gasteiger partial charge on any atom is 0.387 e. The lowest BCUT2D eigenvalue weighted by Gasteiger charge is -2.36. The zero-order chi connectivity index (χ0) is 17.4. The molecule has 4 fully saturated rings. The van der Waals surface area contributed by atoms with Crippen LogP contribution in [0.3, 0.4) is 0 Å². The van der Waals surface area contributed by atoms with Crippen LogP contribution in [0.25, 0.3) is 0 Å². The summed E-state index contributed by atoms with van der Waals surface area (Å²) in [6, 6.07) is 7.21. The number of benzene rings is 1. The number of ether oxygens (including phenoxy) is 1. The van der Waals surface area contributed by atoms with E-state index >= 15 is 0 Å². The van der Waals surface area contributed by atoms with Gasteiger partial charge in [0.05, 0.1) is 5.92 Å². The molecule has 0 spiro atoms. The summed E-state index contributed by atoms with van der Waals surface area (Å²) in [4.78, 5) is 17.1. The van der Waals surface area contributed by atoms with Gasteiger partial charge in [-0.1, -0.05) is 18.2 Å². The highest BCUT2D eigenvalue weighted by atomic mass is 19.3. The van der Waals surface area contributed by atoms with Crippen molar-refractivity contribution in [3.8, 4) is 5.75 Å². The number of nitrogens with zero attached hydrogens (tertiary/aromatic N) is 2. The van der Waals surface area contributed by atoms with E-state index in [1.54, 1.807) is 12.1 Å². The summed E-state index contributed by atoms with van der Waals surface area (Å²) >= 11 is 0. The molecule has 1 saturated carbocycles. The third-order valence-corrected chi connectivity index (χ3v) is 5.60. The fraction of sp³-hybridized carbons (Fsp3) is 0.632. The minimum atomic E-state index is -2.82. The summed E-state index contributed by atoms with van der Waals surface area (Å²) < 4.78 is 29.9. The Bertz CT molecular complexity index is 636. The van der Waals surface area contributed by atoms with Crippen molar-refractivity contribution < 1.29 is 18.3 Å². The first kappa shape index (κ1) is 16.8. The standard InChI is InChI=1S/C19H24F2N2O2/c20-19(21)25-17-4-2-1-3-14(17)10-22-11-15-7-8-16(12-22)23(18(15)24)9-13-5-6-13/h1-4,13,15-16,19H,5-12H2/t15-,16+/m0/s1. The minimum Gasteiger partial charge on any atom is -0.434 e. The van der Waals surface area contributed by atoms with Crippen LogP contribution in [-0.2, 0) is 11.3 Å². The second-order valence-corrected chi connectivity index (χ2v) is 7.54. The van der Waals surface area contributed by atoms with E-state index in [-0.39, 0.29) is 17.7 Å². The van der Waals surface area contributed by atoms with E-state index in [0.717, 1.165) is 31.5 Å². The van der Waals surface area contributed by atoms with Gasteiger partial charge in [-0.25, -0.2) is 0 Å². The van der Waals surface area contributed by atoms with Crippen molar-refractivity contribution in [3.63, 3.8) is 0 Å². The molecule has 5 rings (SSSR count). The lowest BCUT2D eigenvalue weighted by Crippen LogP contribution is -2.48. The molecule has 3 aliphatic heterocycles. The molecule has 1 amide bonds. The van der Waals surface area contributed by atoms with Gasteiger partial charge in [-0.05, 0) is 37.7 Å². The van der Waals surface area contributed by atoms with Crippen LogP contribution in [0.2, 0.25) is 0 Å². The summed E-state index contributed by atoms with van der Waals surface area (Å²) in [6.07, 6.45) is 4.47. The maximum absolute atomic E-state index is 12.8. The molecule has 6 heteroatoms. The number of carbonyl (C=O) groups is 1. The number of carbonyl (C=O) groups excluding carboxylic acids is 1. The van der Waals surface area contributed by atoms with Crippen molar-refractivity contribution in [2.45, 2.75) is 44.9 Å². The number of rotatable bonds is 6. The van der Waals surface area contributed by atoms with E-state index in [2.05, 4.69) is 14.5 Å². The van der Waals surface area contributed by atoms with Crippen LogP contribution in [0.1, 0.15) is 31.2 Å².